The van der Waals surface area contributed by atoms with E-state index < -0.39 is 23.6 Å². The van der Waals surface area contributed by atoms with E-state index in [0.717, 1.165) is 12.1 Å². The van der Waals surface area contributed by atoms with Crippen molar-refractivity contribution < 1.29 is 23.5 Å². The highest BCUT2D eigenvalue weighted by molar-refractivity contribution is 6.44. The number of anilines is 2. The van der Waals surface area contributed by atoms with Gasteiger partial charge in [-0.1, -0.05) is 11.6 Å². The molecule has 24 heavy (non-hydrogen) atoms. The average molecular weight is 351 g/mol. The molecule has 0 spiro atoms. The fourth-order valence-electron chi connectivity index (χ4n) is 1.77. The van der Waals surface area contributed by atoms with Crippen LogP contribution in [0.2, 0.25) is 5.02 Å². The van der Waals surface area contributed by atoms with Crippen LogP contribution >= 0.6 is 11.6 Å². The molecule has 0 fully saturated rings. The lowest BCUT2D eigenvalue weighted by Gasteiger charge is -2.09. The van der Waals surface area contributed by atoms with Crippen LogP contribution < -0.4 is 10.6 Å². The second-order valence-corrected chi connectivity index (χ2v) is 5.01. The average Bonchev–Trinajstić information content (AvgIpc) is 2.58. The predicted molar refractivity (Wildman–Crippen MR) is 86.5 cm³/mol. The summed E-state index contributed by atoms with van der Waals surface area (Å²) in [4.78, 5) is 35.2. The van der Waals surface area contributed by atoms with E-state index in [-0.39, 0.29) is 22.0 Å². The summed E-state index contributed by atoms with van der Waals surface area (Å²) < 4.78 is 17.4. The number of carbonyl (C=O) groups excluding carboxylic acids is 3. The van der Waals surface area contributed by atoms with Gasteiger partial charge in [0.15, 0.2) is 0 Å². The molecular weight excluding hydrogens is 339 g/mol. The fraction of sp³-hybridized carbons (Fsp3) is 0.0625. The molecule has 0 saturated heterocycles. The van der Waals surface area contributed by atoms with E-state index >= 15 is 0 Å². The molecule has 2 aromatic carbocycles. The van der Waals surface area contributed by atoms with Crippen molar-refractivity contribution in [3.8, 4) is 0 Å². The molecule has 0 saturated carbocycles. The zero-order valence-corrected chi connectivity index (χ0v) is 13.2. The van der Waals surface area contributed by atoms with Crippen molar-refractivity contribution in [2.45, 2.75) is 0 Å². The van der Waals surface area contributed by atoms with Gasteiger partial charge in [-0.2, -0.15) is 0 Å². The zero-order chi connectivity index (χ0) is 17.7. The van der Waals surface area contributed by atoms with Crippen molar-refractivity contribution >= 4 is 40.8 Å². The van der Waals surface area contributed by atoms with Gasteiger partial charge >= 0.3 is 17.8 Å². The maximum absolute atomic E-state index is 12.8. The van der Waals surface area contributed by atoms with Crippen molar-refractivity contribution in [1.29, 1.82) is 0 Å². The van der Waals surface area contributed by atoms with Crippen LogP contribution in [0.15, 0.2) is 42.5 Å². The lowest BCUT2D eigenvalue weighted by atomic mass is 10.2. The zero-order valence-electron chi connectivity index (χ0n) is 12.4. The quantitative estimate of drug-likeness (QED) is 0.658. The summed E-state index contributed by atoms with van der Waals surface area (Å²) in [7, 11) is 1.21. The molecule has 0 unspecified atom stereocenters. The first-order valence-electron chi connectivity index (χ1n) is 6.66. The molecule has 0 bridgehead atoms. The van der Waals surface area contributed by atoms with Crippen LogP contribution in [0.5, 0.6) is 0 Å². The van der Waals surface area contributed by atoms with E-state index in [0.29, 0.717) is 0 Å². The van der Waals surface area contributed by atoms with Crippen molar-refractivity contribution in [3.63, 3.8) is 0 Å². The Balaban J connectivity index is 2.09. The first-order valence-corrected chi connectivity index (χ1v) is 7.04. The van der Waals surface area contributed by atoms with Gasteiger partial charge in [0.05, 0.1) is 23.4 Å². The van der Waals surface area contributed by atoms with Crippen molar-refractivity contribution in [2.24, 2.45) is 0 Å². The van der Waals surface area contributed by atoms with E-state index in [1.165, 1.54) is 37.4 Å². The number of amides is 2. The van der Waals surface area contributed by atoms with E-state index in [2.05, 4.69) is 15.4 Å². The Morgan fingerprint density at radius 1 is 1.00 bits per heavy atom. The highest BCUT2D eigenvalue weighted by Gasteiger charge is 2.17. The fourth-order valence-corrected chi connectivity index (χ4v) is 1.93. The van der Waals surface area contributed by atoms with Crippen LogP contribution in [0.4, 0.5) is 15.8 Å². The van der Waals surface area contributed by atoms with E-state index in [1.807, 2.05) is 0 Å². The molecule has 2 rings (SSSR count). The third-order valence-electron chi connectivity index (χ3n) is 2.94. The van der Waals surface area contributed by atoms with Crippen LogP contribution in [0, 0.1) is 5.82 Å². The Bertz CT molecular complexity index is 793. The summed E-state index contributed by atoms with van der Waals surface area (Å²) in [5.74, 6) is -3.05. The van der Waals surface area contributed by atoms with Gasteiger partial charge < -0.3 is 15.4 Å². The Hall–Kier alpha value is -2.93. The SMILES string of the molecule is COC(=O)c1ccc(Cl)c(NC(=O)C(=O)Nc2ccc(F)cc2)c1. The van der Waals surface area contributed by atoms with Gasteiger partial charge in [0, 0.05) is 5.69 Å². The standard InChI is InChI=1S/C16H12ClFN2O4/c1-24-16(23)9-2-7-12(17)13(8-9)20-15(22)14(21)19-11-5-3-10(18)4-6-11/h2-8H,1H3,(H,19,21)(H,20,22). The second kappa shape index (κ2) is 7.56. The molecule has 0 aliphatic carbocycles. The third-order valence-corrected chi connectivity index (χ3v) is 3.27. The van der Waals surface area contributed by atoms with E-state index in [1.54, 1.807) is 0 Å². The van der Waals surface area contributed by atoms with Crippen LogP contribution in [0.1, 0.15) is 10.4 Å². The van der Waals surface area contributed by atoms with Crippen molar-refractivity contribution in [2.75, 3.05) is 17.7 Å². The number of rotatable bonds is 3. The summed E-state index contributed by atoms with van der Waals surface area (Å²) in [6.07, 6.45) is 0. The number of methoxy groups -OCH3 is 1. The Kier molecular flexibility index (Phi) is 5.49. The maximum Gasteiger partial charge on any atom is 0.337 e. The van der Waals surface area contributed by atoms with Crippen LogP contribution in [0.25, 0.3) is 0 Å². The monoisotopic (exact) mass is 350 g/mol. The van der Waals surface area contributed by atoms with Gasteiger partial charge in [-0.15, -0.1) is 0 Å². The van der Waals surface area contributed by atoms with Crippen molar-refractivity contribution in [3.05, 3.63) is 58.9 Å². The predicted octanol–water partition coefficient (Wildman–Crippen LogP) is 2.84. The minimum absolute atomic E-state index is 0.0822. The molecule has 0 aliphatic heterocycles. The lowest BCUT2D eigenvalue weighted by Crippen LogP contribution is -2.29. The summed E-state index contributed by atoms with van der Waals surface area (Å²) in [5.41, 5.74) is 0.501. The number of carbonyl (C=O) groups is 3. The molecule has 0 atom stereocenters. The van der Waals surface area contributed by atoms with Gasteiger partial charge in [-0.05, 0) is 42.5 Å². The molecule has 0 radical (unpaired) electrons. The molecule has 2 aromatic rings. The van der Waals surface area contributed by atoms with Crippen molar-refractivity contribution in [1.82, 2.24) is 0 Å². The third kappa shape index (κ3) is 4.30. The molecule has 6 nitrogen and oxygen atoms in total. The highest BCUT2D eigenvalue weighted by atomic mass is 35.5. The molecule has 0 aromatic heterocycles. The number of hydrogen-bond acceptors (Lipinski definition) is 4. The van der Waals surface area contributed by atoms with Gasteiger partial charge in [0.2, 0.25) is 0 Å². The normalized spacial score (nSPS) is 9.96. The molecule has 2 N–H and O–H groups in total. The van der Waals surface area contributed by atoms with E-state index in [4.69, 9.17) is 11.6 Å². The van der Waals surface area contributed by atoms with Crippen LogP contribution in [0.3, 0.4) is 0 Å². The number of nitrogens with one attached hydrogen (secondary N) is 2. The topological polar surface area (TPSA) is 84.5 Å². The number of esters is 1. The number of hydrogen-bond donors (Lipinski definition) is 2. The molecular formula is C16H12ClFN2O4. The maximum atomic E-state index is 12.8. The number of halogens is 2. The Morgan fingerprint density at radius 2 is 1.62 bits per heavy atom. The number of benzene rings is 2. The Labute approximate surface area is 141 Å². The van der Waals surface area contributed by atoms with Crippen LogP contribution in [-0.2, 0) is 14.3 Å². The first-order chi connectivity index (χ1) is 11.4. The van der Waals surface area contributed by atoms with Gasteiger partial charge in [0.1, 0.15) is 5.82 Å². The molecule has 8 heteroatoms. The highest BCUT2D eigenvalue weighted by Crippen LogP contribution is 2.23. The summed E-state index contributed by atoms with van der Waals surface area (Å²) in [6, 6.07) is 9.01. The molecule has 0 heterocycles. The Morgan fingerprint density at radius 3 is 2.25 bits per heavy atom. The minimum atomic E-state index is -0.997. The molecule has 0 aliphatic rings. The van der Waals surface area contributed by atoms with Gasteiger partial charge in [-0.25, -0.2) is 9.18 Å². The summed E-state index contributed by atoms with van der Waals surface area (Å²) in [5, 5.41) is 4.75. The van der Waals surface area contributed by atoms with Gasteiger partial charge in [-0.3, -0.25) is 9.59 Å². The lowest BCUT2D eigenvalue weighted by molar-refractivity contribution is -0.132. The smallest absolute Gasteiger partial charge is 0.337 e. The van der Waals surface area contributed by atoms with Gasteiger partial charge in [0.25, 0.3) is 0 Å². The minimum Gasteiger partial charge on any atom is -0.465 e. The number of ether oxygens (including phenoxy) is 1. The molecule has 124 valence electrons. The summed E-state index contributed by atoms with van der Waals surface area (Å²) in [6.45, 7) is 0. The van der Waals surface area contributed by atoms with E-state index in [9.17, 15) is 18.8 Å². The second-order valence-electron chi connectivity index (χ2n) is 4.60. The summed E-state index contributed by atoms with van der Waals surface area (Å²) >= 11 is 5.93. The largest absolute Gasteiger partial charge is 0.465 e. The molecule has 2 amide bonds. The van der Waals surface area contributed by atoms with Crippen LogP contribution in [-0.4, -0.2) is 24.9 Å². The first kappa shape index (κ1) is 17.4.